The van der Waals surface area contributed by atoms with Crippen molar-refractivity contribution >= 4 is 114 Å². The topological polar surface area (TPSA) is 507 Å². The zero-order valence-electron chi connectivity index (χ0n) is 74.9. The van der Waals surface area contributed by atoms with Crippen LogP contribution in [0.2, 0.25) is 0 Å². The normalized spacial score (nSPS) is 27.6. The van der Waals surface area contributed by atoms with Crippen molar-refractivity contribution in [2.45, 2.75) is 215 Å². The molecule has 0 radical (unpaired) electrons. The highest BCUT2D eigenvalue weighted by Crippen LogP contribution is 2.44. The molecule has 708 valence electrons. The number of allylic oxidation sites excluding steroid dienone is 2. The first kappa shape index (κ1) is 109. The summed E-state index contributed by atoms with van der Waals surface area (Å²) in [5, 5.41) is 112. The molecule has 10 rings (SSSR count). The molecule has 4 aromatic rings. The van der Waals surface area contributed by atoms with E-state index in [1.54, 1.807) is 24.5 Å². The first-order valence-electron chi connectivity index (χ1n) is 41.8. The van der Waals surface area contributed by atoms with Crippen molar-refractivity contribution in [3.8, 4) is 0 Å². The van der Waals surface area contributed by atoms with E-state index in [1.807, 2.05) is 20.8 Å². The van der Waals surface area contributed by atoms with E-state index in [4.69, 9.17) is 48.1 Å². The van der Waals surface area contributed by atoms with Crippen molar-refractivity contribution in [2.75, 3.05) is 111 Å². The van der Waals surface area contributed by atoms with Gasteiger partial charge in [0, 0.05) is 55.2 Å². The number of hydrogen-bond donors (Lipinski definition) is 17. The minimum atomic E-state index is -1.33. The molecular weight excluding hydrogens is 1760 g/mol. The van der Waals surface area contributed by atoms with Crippen LogP contribution in [0, 0.1) is 9.54 Å². The Morgan fingerprint density at radius 1 is 0.452 bits per heavy atom. The third kappa shape index (κ3) is 31.9. The van der Waals surface area contributed by atoms with Crippen LogP contribution in [0.15, 0.2) is 103 Å². The molecule has 6 aliphatic heterocycles. The molecule has 10 heterocycles. The van der Waals surface area contributed by atoms with Crippen LogP contribution in [0.5, 0.6) is 0 Å². The monoisotopic (exact) mass is 1900 g/mol. The number of ketones is 1. The molecule has 0 spiro atoms. The molecule has 35 nitrogen and oxygen atoms in total. The molecule has 0 aromatic carbocycles. The maximum atomic E-state index is 12.1. The Morgan fingerprint density at radius 3 is 1.05 bits per heavy atom. The molecule has 42 heteroatoms. The molecule has 17 N–H and O–H groups in total. The summed E-state index contributed by atoms with van der Waals surface area (Å²) in [5.41, 5.74) is -1.41. The van der Waals surface area contributed by atoms with Gasteiger partial charge in [-0.05, 0) is 205 Å². The summed E-state index contributed by atoms with van der Waals surface area (Å²) in [6, 6.07) is 0. The van der Waals surface area contributed by atoms with Crippen LogP contribution in [0.4, 0.5) is 0 Å². The van der Waals surface area contributed by atoms with Crippen molar-refractivity contribution in [3.05, 3.63) is 168 Å². The van der Waals surface area contributed by atoms with Crippen LogP contribution in [0.3, 0.4) is 0 Å². The summed E-state index contributed by atoms with van der Waals surface area (Å²) in [6.45, 7) is 31.7. The molecule has 20 atom stereocenters. The summed E-state index contributed by atoms with van der Waals surface area (Å²) in [6.07, 6.45) is 26.7. The minimum absolute atomic E-state index is 0.0679. The molecule has 0 bridgehead atoms. The molecule has 4 aromatic heterocycles. The minimum Gasteiger partial charge on any atom is -0.388 e. The molecular formula is C84H137N12O23P5S2. The Morgan fingerprint density at radius 2 is 0.754 bits per heavy atom. The Hall–Kier alpha value is -5.98. The SMILES string of the molecule is C=CC1=CN(C2O[C@H](CCP(=C)(C)C)[C@@H](O)[C@H]2O)C(=C)NC1=O.C=P(C)(C)CC[C@H]1OC(n2cc(/C=C/C(C)=O)c(=O)[nH]c2=O)[C@H](O)[C@@H]1O.C=P(C)(C)CC[C@H]1OC(n2cc(/C=C/CC)c(=O)[nH]c2=O)[C@H](O)[C@@H]1O.C=P(C)(C)CC[C@H]1OC(n2cc(CNCCC)c(=O)[nH]c2=S)[C@H](O)[C@@H]1O.C=P(C)(C)CC[C@H]1OC(n2cc(CNCCC)c(=O)[nH]c2=S)[C@H](O)[C@@H]1O. The molecule has 126 heavy (non-hydrogen) atoms. The van der Waals surface area contributed by atoms with Crippen LogP contribution < -0.4 is 49.6 Å². The molecule has 0 saturated carbocycles. The number of nitrogens with zero attached hydrogens (tertiary/aromatic N) is 5. The number of rotatable bonds is 33. The van der Waals surface area contributed by atoms with Crippen LogP contribution in [-0.4, -0.2) is 346 Å². The van der Waals surface area contributed by atoms with Crippen molar-refractivity contribution < 1.29 is 84.3 Å². The molecule has 5 unspecified atom stereocenters. The zero-order valence-corrected chi connectivity index (χ0v) is 81.0. The second-order valence-corrected chi connectivity index (χ2v) is 58.2. The largest absolute Gasteiger partial charge is 0.388 e. The number of aliphatic hydroxyl groups is 10. The highest BCUT2D eigenvalue weighted by molar-refractivity contribution is 7.73. The van der Waals surface area contributed by atoms with Gasteiger partial charge in [0.1, 0.15) is 66.9 Å². The fourth-order valence-corrected chi connectivity index (χ4v) is 19.1. The van der Waals surface area contributed by atoms with Crippen molar-refractivity contribution in [3.63, 3.8) is 0 Å². The number of amides is 1. The molecule has 0 aliphatic carbocycles. The molecule has 5 saturated heterocycles. The Bertz CT molecular complexity index is 5150. The first-order chi connectivity index (χ1) is 58.5. The van der Waals surface area contributed by atoms with Crippen LogP contribution >= 0.6 is 58.9 Å². The maximum absolute atomic E-state index is 12.1. The van der Waals surface area contributed by atoms with Crippen molar-refractivity contribution in [1.82, 2.24) is 59.1 Å². The van der Waals surface area contributed by atoms with Gasteiger partial charge in [-0.1, -0.05) is 52.2 Å². The number of carbonyl (C=O) groups is 2. The standard InChI is InChI=1S/2C17H30N3O4PS.C17H25N2O6P.C17H27N2O5P.C16H25N2O4P/c2*1-5-7-18-9-11-10-20(17(26)19-15(11)23)16-14(22)13(21)12(24-16)6-8-25(2,3)4;1-10(20)5-6-11-9-19(17(24)18-15(11)23)16-14(22)13(21)12(25-16)7-8-26(2,3)4;1-5-6-7-11-10-19(17(23)18-15(11)22)16-14(21)13(20)12(24-16)8-9-25(2,3)4;1-6-11-9-18(10(2)17-15(11)21)16-14(20)13(19)12(22-16)7-8-23(3,4)5/h2*10,12-14,16,18,21-22H,2,5-9H2,1,3-4H3,(H,19,23,26);5-6,9,12-14,16,21-22H,2,7-8H2,1,3-4H3,(H,18,23,24);6-7,10,12-14,16,20-21H,2,5,8-9H2,1,3-4H3,(H,18,22,23);6,9,12-14,16,19-20H,1-3,7-8H2,4-5H3,(H,17,21)/b;;6-5+;7-6+;/t5*12-,13-,14-,16?/m11111/s1. The number of aromatic amines is 4. The van der Waals surface area contributed by atoms with Gasteiger partial charge in [0.25, 0.3) is 28.1 Å². The highest BCUT2D eigenvalue weighted by Gasteiger charge is 2.49. The molecule has 6 aliphatic rings. The predicted octanol–water partition coefficient (Wildman–Crippen LogP) is 3.29. The van der Waals surface area contributed by atoms with E-state index in [0.29, 0.717) is 73.3 Å². The smallest absolute Gasteiger partial charge is 0.330 e. The van der Waals surface area contributed by atoms with Crippen LogP contribution in [0.25, 0.3) is 12.2 Å². The van der Waals surface area contributed by atoms with E-state index >= 15 is 0 Å². The van der Waals surface area contributed by atoms with Gasteiger partial charge in [-0.3, -0.25) is 67.0 Å². The Labute approximate surface area is 746 Å². The number of carbonyl (C=O) groups excluding carboxylic acids is 2. The van der Waals surface area contributed by atoms with E-state index in [1.165, 1.54) is 57.8 Å². The van der Waals surface area contributed by atoms with E-state index in [9.17, 15) is 89.4 Å². The van der Waals surface area contributed by atoms with Gasteiger partial charge in [-0.25, -0.2) is 9.59 Å². The third-order valence-electron chi connectivity index (χ3n) is 21.1. The summed E-state index contributed by atoms with van der Waals surface area (Å²) in [4.78, 5) is 106. The lowest BCUT2D eigenvalue weighted by Crippen LogP contribution is -2.47. The zero-order chi connectivity index (χ0) is 94.7. The lowest BCUT2D eigenvalue weighted by atomic mass is 10.1. The Balaban J connectivity index is 0.000000243. The number of aliphatic hydroxyl groups excluding tert-OH is 10. The number of nitrogens with one attached hydrogen (secondary N) is 7. The van der Waals surface area contributed by atoms with Gasteiger partial charge in [0.05, 0.1) is 47.2 Å². The van der Waals surface area contributed by atoms with Gasteiger partial charge in [-0.2, -0.15) is 0 Å². The summed E-state index contributed by atoms with van der Waals surface area (Å²) in [7, 11) is 0. The fraction of sp³-hybridized carbons (Fsp3) is 0.607. The fourth-order valence-electron chi connectivity index (χ4n) is 13.9. The van der Waals surface area contributed by atoms with E-state index in [2.05, 4.69) is 147 Å². The number of aromatic nitrogens is 8. The average molecular weight is 1900 g/mol. The number of H-pyrrole nitrogens is 4. The maximum Gasteiger partial charge on any atom is 0.330 e. The van der Waals surface area contributed by atoms with E-state index in [-0.39, 0.29) is 37.9 Å². The van der Waals surface area contributed by atoms with E-state index < -0.39 is 180 Å². The average Bonchev–Trinajstić information content (AvgIpc) is 1.66. The van der Waals surface area contributed by atoms with Crippen LogP contribution in [-0.2, 0) is 46.4 Å². The summed E-state index contributed by atoms with van der Waals surface area (Å²) < 4.78 is 34.7. The third-order valence-corrected chi connectivity index (χ3v) is 29.0. The molecule has 1 amide bonds. The van der Waals surface area contributed by atoms with E-state index in [0.717, 1.165) is 72.3 Å². The highest BCUT2D eigenvalue weighted by atomic mass is 32.1. The second-order valence-electron chi connectivity index (χ2n) is 35.8. The quantitative estimate of drug-likeness (QED) is 0.0141. The Kier molecular flexibility index (Phi) is 41.4. The molecule has 5 fully saturated rings. The number of hydrogen-bond acceptors (Lipinski definition) is 28. The lowest BCUT2D eigenvalue weighted by molar-refractivity contribution is -0.119. The van der Waals surface area contributed by atoms with Gasteiger partial charge in [0.15, 0.2) is 46.5 Å². The first-order valence-corrected chi connectivity index (χ1v) is 57.9. The van der Waals surface area contributed by atoms with Crippen LogP contribution in [0.1, 0.15) is 126 Å². The summed E-state index contributed by atoms with van der Waals surface area (Å²) in [5.74, 6) is -0.272. The number of ether oxygens (including phenoxy) is 5. The van der Waals surface area contributed by atoms with Crippen molar-refractivity contribution in [2.24, 2.45) is 0 Å². The second kappa shape index (κ2) is 47.9. The lowest BCUT2D eigenvalue weighted by Gasteiger charge is -2.34. The van der Waals surface area contributed by atoms with Gasteiger partial charge in [0.2, 0.25) is 0 Å². The van der Waals surface area contributed by atoms with Gasteiger partial charge < -0.3 is 95.6 Å². The van der Waals surface area contributed by atoms with Gasteiger partial charge >= 0.3 is 11.4 Å². The van der Waals surface area contributed by atoms with Gasteiger partial charge in [-0.15, -0.1) is 65.9 Å². The van der Waals surface area contributed by atoms with Crippen molar-refractivity contribution in [1.29, 1.82) is 0 Å². The predicted molar refractivity (Wildman–Crippen MR) is 516 cm³/mol. The summed E-state index contributed by atoms with van der Waals surface area (Å²) >= 11 is 10.5.